The van der Waals surface area contributed by atoms with Gasteiger partial charge in [-0.3, -0.25) is 0 Å². The van der Waals surface area contributed by atoms with Crippen LogP contribution in [0.4, 0.5) is 0 Å². The Balaban J connectivity index is 1.75. The van der Waals surface area contributed by atoms with Gasteiger partial charge in [0.2, 0.25) is 0 Å². The van der Waals surface area contributed by atoms with Crippen molar-refractivity contribution < 1.29 is 9.47 Å². The van der Waals surface area contributed by atoms with E-state index in [-0.39, 0.29) is 0 Å². The van der Waals surface area contributed by atoms with Crippen LogP contribution < -0.4 is 9.47 Å². The van der Waals surface area contributed by atoms with Gasteiger partial charge in [-0.05, 0) is 36.2 Å². The summed E-state index contributed by atoms with van der Waals surface area (Å²) in [4.78, 5) is 0. The molecule has 0 aliphatic heterocycles. The topological polar surface area (TPSA) is 18.5 Å². The van der Waals surface area contributed by atoms with Gasteiger partial charge in [0, 0.05) is 0 Å². The van der Waals surface area contributed by atoms with Gasteiger partial charge < -0.3 is 9.47 Å². The van der Waals surface area contributed by atoms with Crippen LogP contribution in [-0.2, 0) is 6.42 Å². The second-order valence-electron chi connectivity index (χ2n) is 4.01. The Morgan fingerprint density at radius 1 is 0.778 bits per heavy atom. The maximum absolute atomic E-state index is 5.65. The zero-order valence-corrected chi connectivity index (χ0v) is 10.6. The van der Waals surface area contributed by atoms with Gasteiger partial charge in [-0.25, -0.2) is 0 Å². The summed E-state index contributed by atoms with van der Waals surface area (Å²) in [5.41, 5.74) is 1.29. The molecule has 2 aromatic carbocycles. The molecule has 0 N–H and O–H groups in total. The van der Waals surface area contributed by atoms with E-state index in [1.807, 2.05) is 42.5 Å². The Labute approximate surface area is 108 Å². The highest BCUT2D eigenvalue weighted by Crippen LogP contribution is 2.14. The van der Waals surface area contributed by atoms with E-state index < -0.39 is 0 Å². The van der Waals surface area contributed by atoms with Crippen molar-refractivity contribution in [2.75, 3.05) is 13.2 Å². The summed E-state index contributed by atoms with van der Waals surface area (Å²) < 4.78 is 11.2. The Hall–Kier alpha value is -1.96. The number of benzene rings is 2. The average molecular weight is 242 g/mol. The summed E-state index contributed by atoms with van der Waals surface area (Å²) >= 11 is 0. The fourth-order valence-corrected chi connectivity index (χ4v) is 1.69. The van der Waals surface area contributed by atoms with Gasteiger partial charge in [0.25, 0.3) is 0 Å². The molecule has 0 saturated carbocycles. The van der Waals surface area contributed by atoms with E-state index >= 15 is 0 Å². The standard InChI is InChI=1S/C16H18O2/c1-2-14-7-6-10-16(13-14)18-12-11-17-15-8-4-3-5-9-15/h3-10,13H,2,11-12H2,1H3. The maximum Gasteiger partial charge on any atom is 0.122 e. The summed E-state index contributed by atoms with van der Waals surface area (Å²) in [6.07, 6.45) is 1.03. The number of hydrogen-bond acceptors (Lipinski definition) is 2. The molecule has 0 fully saturated rings. The predicted octanol–water partition coefficient (Wildman–Crippen LogP) is 3.71. The monoisotopic (exact) mass is 242 g/mol. The molecular weight excluding hydrogens is 224 g/mol. The van der Waals surface area contributed by atoms with Gasteiger partial charge >= 0.3 is 0 Å². The van der Waals surface area contributed by atoms with Crippen molar-refractivity contribution in [1.29, 1.82) is 0 Å². The Kier molecular flexibility index (Phi) is 4.65. The van der Waals surface area contributed by atoms with Crippen molar-refractivity contribution in [3.63, 3.8) is 0 Å². The van der Waals surface area contributed by atoms with Crippen LogP contribution in [0.25, 0.3) is 0 Å². The summed E-state index contributed by atoms with van der Waals surface area (Å²) in [6, 6.07) is 17.9. The smallest absolute Gasteiger partial charge is 0.122 e. The predicted molar refractivity (Wildman–Crippen MR) is 73.3 cm³/mol. The van der Waals surface area contributed by atoms with Crippen LogP contribution in [0, 0.1) is 0 Å². The van der Waals surface area contributed by atoms with Crippen LogP contribution in [0.1, 0.15) is 12.5 Å². The minimum Gasteiger partial charge on any atom is -0.490 e. The fourth-order valence-electron chi connectivity index (χ4n) is 1.69. The van der Waals surface area contributed by atoms with Gasteiger partial charge in [-0.1, -0.05) is 37.3 Å². The van der Waals surface area contributed by atoms with Crippen LogP contribution in [0.3, 0.4) is 0 Å². The zero-order valence-electron chi connectivity index (χ0n) is 10.6. The van der Waals surface area contributed by atoms with Gasteiger partial charge in [0.15, 0.2) is 0 Å². The molecule has 2 nitrogen and oxygen atoms in total. The summed E-state index contributed by atoms with van der Waals surface area (Å²) in [5, 5.41) is 0. The molecule has 0 aromatic heterocycles. The van der Waals surface area contributed by atoms with Crippen molar-refractivity contribution >= 4 is 0 Å². The molecule has 0 radical (unpaired) electrons. The molecule has 0 bridgehead atoms. The van der Waals surface area contributed by atoms with Crippen molar-refractivity contribution in [3.05, 3.63) is 60.2 Å². The van der Waals surface area contributed by atoms with E-state index in [1.165, 1.54) is 5.56 Å². The third-order valence-electron chi connectivity index (χ3n) is 2.67. The summed E-state index contributed by atoms with van der Waals surface area (Å²) in [5.74, 6) is 1.79. The van der Waals surface area contributed by atoms with E-state index in [2.05, 4.69) is 19.1 Å². The van der Waals surface area contributed by atoms with Gasteiger partial charge in [0.05, 0.1) is 0 Å². The molecule has 0 aliphatic carbocycles. The zero-order chi connectivity index (χ0) is 12.6. The Bertz CT molecular complexity index is 466. The average Bonchev–Trinajstić information content (AvgIpc) is 2.45. The first-order valence-electron chi connectivity index (χ1n) is 6.28. The first kappa shape index (κ1) is 12.5. The molecule has 2 rings (SSSR count). The molecule has 0 heterocycles. The highest BCUT2D eigenvalue weighted by molar-refractivity contribution is 5.28. The number of ether oxygens (including phenoxy) is 2. The minimum absolute atomic E-state index is 0.556. The van der Waals surface area contributed by atoms with Gasteiger partial charge in [-0.2, -0.15) is 0 Å². The normalized spacial score (nSPS) is 10.1. The molecule has 0 aliphatic rings. The SMILES string of the molecule is CCc1cccc(OCCOc2ccccc2)c1. The van der Waals surface area contributed by atoms with Crippen LogP contribution in [0.15, 0.2) is 54.6 Å². The largest absolute Gasteiger partial charge is 0.490 e. The first-order chi connectivity index (χ1) is 8.88. The Morgan fingerprint density at radius 3 is 2.17 bits per heavy atom. The first-order valence-corrected chi connectivity index (χ1v) is 6.28. The molecule has 2 aromatic rings. The lowest BCUT2D eigenvalue weighted by atomic mass is 10.2. The maximum atomic E-state index is 5.65. The molecule has 0 spiro atoms. The third kappa shape index (κ3) is 3.81. The van der Waals surface area contributed by atoms with E-state index in [0.717, 1.165) is 17.9 Å². The quantitative estimate of drug-likeness (QED) is 0.719. The highest BCUT2D eigenvalue weighted by atomic mass is 16.5. The number of rotatable bonds is 6. The lowest BCUT2D eigenvalue weighted by Crippen LogP contribution is -2.08. The number of aryl methyl sites for hydroxylation is 1. The Morgan fingerprint density at radius 2 is 1.44 bits per heavy atom. The molecular formula is C16H18O2. The summed E-state index contributed by atoms with van der Waals surface area (Å²) in [7, 11) is 0. The van der Waals surface area contributed by atoms with Gasteiger partial charge in [0.1, 0.15) is 24.7 Å². The van der Waals surface area contributed by atoms with Crippen LogP contribution in [0.2, 0.25) is 0 Å². The van der Waals surface area contributed by atoms with E-state index in [4.69, 9.17) is 9.47 Å². The molecule has 18 heavy (non-hydrogen) atoms. The molecule has 2 heteroatoms. The number of para-hydroxylation sites is 1. The third-order valence-corrected chi connectivity index (χ3v) is 2.67. The molecule has 94 valence electrons. The van der Waals surface area contributed by atoms with Crippen LogP contribution >= 0.6 is 0 Å². The van der Waals surface area contributed by atoms with E-state index in [1.54, 1.807) is 0 Å². The van der Waals surface area contributed by atoms with Gasteiger partial charge in [-0.15, -0.1) is 0 Å². The fraction of sp³-hybridized carbons (Fsp3) is 0.250. The van der Waals surface area contributed by atoms with Crippen molar-refractivity contribution in [2.24, 2.45) is 0 Å². The van der Waals surface area contributed by atoms with E-state index in [9.17, 15) is 0 Å². The summed E-state index contributed by atoms with van der Waals surface area (Å²) in [6.45, 7) is 3.25. The minimum atomic E-state index is 0.556. The molecule has 0 saturated heterocycles. The molecule has 0 amide bonds. The molecule has 0 unspecified atom stereocenters. The van der Waals surface area contributed by atoms with Crippen LogP contribution in [-0.4, -0.2) is 13.2 Å². The van der Waals surface area contributed by atoms with E-state index in [0.29, 0.717) is 13.2 Å². The van der Waals surface area contributed by atoms with Crippen molar-refractivity contribution in [1.82, 2.24) is 0 Å². The second-order valence-corrected chi connectivity index (χ2v) is 4.01. The molecule has 0 atom stereocenters. The second kappa shape index (κ2) is 6.70. The van der Waals surface area contributed by atoms with Crippen LogP contribution in [0.5, 0.6) is 11.5 Å². The lowest BCUT2D eigenvalue weighted by Gasteiger charge is -2.09. The lowest BCUT2D eigenvalue weighted by molar-refractivity contribution is 0.217. The number of hydrogen-bond donors (Lipinski definition) is 0. The van der Waals surface area contributed by atoms with Crippen molar-refractivity contribution in [2.45, 2.75) is 13.3 Å². The highest BCUT2D eigenvalue weighted by Gasteiger charge is 1.96. The van der Waals surface area contributed by atoms with Crippen molar-refractivity contribution in [3.8, 4) is 11.5 Å².